The molecule has 84 valence electrons. The summed E-state index contributed by atoms with van der Waals surface area (Å²) in [5.74, 6) is 0.621. The minimum absolute atomic E-state index is 0.216. The van der Waals surface area contributed by atoms with Crippen LogP contribution in [0.5, 0.6) is 0 Å². The van der Waals surface area contributed by atoms with E-state index in [1.807, 2.05) is 31.2 Å². The van der Waals surface area contributed by atoms with Crippen molar-refractivity contribution in [2.24, 2.45) is 0 Å². The Kier molecular flexibility index (Phi) is 2.18. The van der Waals surface area contributed by atoms with Gasteiger partial charge in [-0.15, -0.1) is 0 Å². The molecule has 3 aromatic rings. The van der Waals surface area contributed by atoms with Crippen LogP contribution in [0, 0.1) is 12.7 Å². The Morgan fingerprint density at radius 3 is 2.59 bits per heavy atom. The van der Waals surface area contributed by atoms with Crippen LogP contribution in [0.25, 0.3) is 22.2 Å². The van der Waals surface area contributed by atoms with E-state index >= 15 is 0 Å². The molecule has 2 aromatic carbocycles. The zero-order chi connectivity index (χ0) is 11.8. The molecular weight excluding hydrogens is 215 g/mol. The highest BCUT2D eigenvalue weighted by molar-refractivity contribution is 5.92. The number of imidazole rings is 1. The summed E-state index contributed by atoms with van der Waals surface area (Å²) in [6.07, 6.45) is 0. The molecule has 1 aromatic heterocycles. The van der Waals surface area contributed by atoms with Crippen molar-refractivity contribution < 1.29 is 4.39 Å². The first-order chi connectivity index (χ1) is 8.25. The minimum Gasteiger partial charge on any atom is -0.342 e. The lowest BCUT2D eigenvalue weighted by Crippen LogP contribution is -1.85. The summed E-state index contributed by atoms with van der Waals surface area (Å²) >= 11 is 0. The summed E-state index contributed by atoms with van der Waals surface area (Å²) in [4.78, 5) is 7.53. The first-order valence-electron chi connectivity index (χ1n) is 5.46. The van der Waals surface area contributed by atoms with Crippen molar-refractivity contribution in [3.8, 4) is 11.1 Å². The molecular formula is C14H11FN2. The fourth-order valence-corrected chi connectivity index (χ4v) is 2.06. The first-order valence-corrected chi connectivity index (χ1v) is 5.46. The van der Waals surface area contributed by atoms with Gasteiger partial charge in [-0.05, 0) is 19.1 Å². The molecule has 0 bridgehead atoms. The SMILES string of the molecule is Cc1nc2cccc(-c3ccccc3F)c2[nH]1. The second-order valence-corrected chi connectivity index (χ2v) is 4.00. The van der Waals surface area contributed by atoms with E-state index in [4.69, 9.17) is 0 Å². The highest BCUT2D eigenvalue weighted by Gasteiger charge is 2.09. The Bertz CT molecular complexity index is 686. The molecule has 0 unspecified atom stereocenters. The molecule has 1 N–H and O–H groups in total. The lowest BCUT2D eigenvalue weighted by atomic mass is 10.0. The number of benzene rings is 2. The molecule has 3 rings (SSSR count). The largest absolute Gasteiger partial charge is 0.342 e. The second kappa shape index (κ2) is 3.70. The number of aromatic amines is 1. The van der Waals surface area contributed by atoms with Crippen LogP contribution in [0.15, 0.2) is 42.5 Å². The van der Waals surface area contributed by atoms with Gasteiger partial charge in [0.15, 0.2) is 0 Å². The van der Waals surface area contributed by atoms with E-state index in [1.54, 1.807) is 12.1 Å². The molecule has 3 heteroatoms. The average Bonchev–Trinajstić information content (AvgIpc) is 2.70. The molecule has 0 radical (unpaired) electrons. The number of nitrogens with one attached hydrogen (secondary N) is 1. The number of fused-ring (bicyclic) bond motifs is 1. The highest BCUT2D eigenvalue weighted by Crippen LogP contribution is 2.28. The fraction of sp³-hybridized carbons (Fsp3) is 0.0714. The van der Waals surface area contributed by atoms with Crippen LogP contribution in [-0.4, -0.2) is 9.97 Å². The van der Waals surface area contributed by atoms with E-state index in [1.165, 1.54) is 6.07 Å². The predicted molar refractivity (Wildman–Crippen MR) is 66.2 cm³/mol. The van der Waals surface area contributed by atoms with Crippen LogP contribution in [0.3, 0.4) is 0 Å². The lowest BCUT2D eigenvalue weighted by Gasteiger charge is -2.04. The number of hydrogen-bond acceptors (Lipinski definition) is 1. The third kappa shape index (κ3) is 1.60. The summed E-state index contributed by atoms with van der Waals surface area (Å²) in [6, 6.07) is 12.5. The van der Waals surface area contributed by atoms with Crippen molar-refractivity contribution in [2.45, 2.75) is 6.92 Å². The molecule has 0 aliphatic rings. The molecule has 1 heterocycles. The quantitative estimate of drug-likeness (QED) is 0.673. The van der Waals surface area contributed by atoms with Gasteiger partial charge in [0.05, 0.1) is 11.0 Å². The van der Waals surface area contributed by atoms with Crippen molar-refractivity contribution in [1.82, 2.24) is 9.97 Å². The number of halogens is 1. The van der Waals surface area contributed by atoms with E-state index in [-0.39, 0.29) is 5.82 Å². The fourth-order valence-electron chi connectivity index (χ4n) is 2.06. The third-order valence-corrected chi connectivity index (χ3v) is 2.80. The molecule has 0 saturated carbocycles. The minimum atomic E-state index is -0.216. The molecule has 0 aliphatic carbocycles. The third-order valence-electron chi connectivity index (χ3n) is 2.80. The van der Waals surface area contributed by atoms with Gasteiger partial charge in [-0.25, -0.2) is 9.37 Å². The number of aryl methyl sites for hydroxylation is 1. The van der Waals surface area contributed by atoms with E-state index in [2.05, 4.69) is 9.97 Å². The van der Waals surface area contributed by atoms with Crippen LogP contribution in [-0.2, 0) is 0 Å². The zero-order valence-electron chi connectivity index (χ0n) is 9.37. The number of hydrogen-bond donors (Lipinski definition) is 1. The summed E-state index contributed by atoms with van der Waals surface area (Å²) in [5, 5.41) is 0. The van der Waals surface area contributed by atoms with Gasteiger partial charge in [-0.1, -0.05) is 30.3 Å². The maximum atomic E-state index is 13.8. The molecule has 0 spiro atoms. The van der Waals surface area contributed by atoms with Crippen LogP contribution in [0.1, 0.15) is 5.82 Å². The Labute approximate surface area is 98.1 Å². The van der Waals surface area contributed by atoms with Crippen molar-refractivity contribution in [3.05, 3.63) is 54.1 Å². The standard InChI is InChI=1S/C14H11FN2/c1-9-16-13-8-4-6-11(14(13)17-9)10-5-2-3-7-12(10)15/h2-8H,1H3,(H,16,17). The summed E-state index contributed by atoms with van der Waals surface area (Å²) in [7, 11) is 0. The molecule has 0 fully saturated rings. The first kappa shape index (κ1) is 10.0. The maximum absolute atomic E-state index is 13.8. The summed E-state index contributed by atoms with van der Waals surface area (Å²) < 4.78 is 13.8. The van der Waals surface area contributed by atoms with Gasteiger partial charge >= 0.3 is 0 Å². The van der Waals surface area contributed by atoms with Gasteiger partial charge in [-0.2, -0.15) is 0 Å². The number of H-pyrrole nitrogens is 1. The number of aromatic nitrogens is 2. The van der Waals surface area contributed by atoms with Gasteiger partial charge in [0.2, 0.25) is 0 Å². The van der Waals surface area contributed by atoms with E-state index < -0.39 is 0 Å². The van der Waals surface area contributed by atoms with Crippen LogP contribution < -0.4 is 0 Å². The van der Waals surface area contributed by atoms with Crippen molar-refractivity contribution in [1.29, 1.82) is 0 Å². The molecule has 2 nitrogen and oxygen atoms in total. The van der Waals surface area contributed by atoms with Gasteiger partial charge in [0.25, 0.3) is 0 Å². The smallest absolute Gasteiger partial charge is 0.131 e. The molecule has 17 heavy (non-hydrogen) atoms. The summed E-state index contributed by atoms with van der Waals surface area (Å²) in [6.45, 7) is 1.89. The van der Waals surface area contributed by atoms with Crippen LogP contribution in [0.4, 0.5) is 4.39 Å². The van der Waals surface area contributed by atoms with Gasteiger partial charge in [0.1, 0.15) is 11.6 Å². The summed E-state index contributed by atoms with van der Waals surface area (Å²) in [5.41, 5.74) is 3.20. The van der Waals surface area contributed by atoms with Gasteiger partial charge < -0.3 is 4.98 Å². The van der Waals surface area contributed by atoms with Crippen LogP contribution in [0.2, 0.25) is 0 Å². The predicted octanol–water partition coefficient (Wildman–Crippen LogP) is 3.68. The Morgan fingerprint density at radius 1 is 1.00 bits per heavy atom. The Balaban J connectivity index is 2.34. The highest BCUT2D eigenvalue weighted by atomic mass is 19.1. The van der Waals surface area contributed by atoms with E-state index in [0.29, 0.717) is 5.56 Å². The normalized spacial score (nSPS) is 10.9. The van der Waals surface area contributed by atoms with Crippen molar-refractivity contribution >= 4 is 11.0 Å². The van der Waals surface area contributed by atoms with Crippen molar-refractivity contribution in [3.63, 3.8) is 0 Å². The number of para-hydroxylation sites is 1. The molecule has 0 saturated heterocycles. The van der Waals surface area contributed by atoms with E-state index in [9.17, 15) is 4.39 Å². The van der Waals surface area contributed by atoms with E-state index in [0.717, 1.165) is 22.4 Å². The average molecular weight is 226 g/mol. The Morgan fingerprint density at radius 2 is 1.76 bits per heavy atom. The number of rotatable bonds is 1. The maximum Gasteiger partial charge on any atom is 0.131 e. The van der Waals surface area contributed by atoms with Gasteiger partial charge in [0, 0.05) is 11.1 Å². The Hall–Kier alpha value is -2.16. The molecule has 0 aliphatic heterocycles. The number of nitrogens with zero attached hydrogens (tertiary/aromatic N) is 1. The van der Waals surface area contributed by atoms with Crippen molar-refractivity contribution in [2.75, 3.05) is 0 Å². The topological polar surface area (TPSA) is 28.7 Å². The molecule has 0 atom stereocenters. The molecule has 0 amide bonds. The van der Waals surface area contributed by atoms with Crippen LogP contribution >= 0.6 is 0 Å². The monoisotopic (exact) mass is 226 g/mol. The lowest BCUT2D eigenvalue weighted by molar-refractivity contribution is 0.631. The zero-order valence-corrected chi connectivity index (χ0v) is 9.37. The second-order valence-electron chi connectivity index (χ2n) is 4.00. The van der Waals surface area contributed by atoms with Gasteiger partial charge in [-0.3, -0.25) is 0 Å².